The molecule has 0 saturated carbocycles. The molecule has 0 aliphatic rings. The maximum Gasteiger partial charge on any atom is 0.175 e. The molecule has 4 nitrogen and oxygen atoms in total. The van der Waals surface area contributed by atoms with Gasteiger partial charge < -0.3 is 0 Å². The Hall–Kier alpha value is -2.41. The minimum atomic E-state index is -3.24. The van der Waals surface area contributed by atoms with Crippen LogP contribution in [-0.4, -0.2) is 24.5 Å². The van der Waals surface area contributed by atoms with E-state index in [0.717, 1.165) is 27.5 Å². The fraction of sp³-hybridized carbons (Fsp3) is 0.0952. The van der Waals surface area contributed by atoms with Crippen molar-refractivity contribution in [2.45, 2.75) is 11.8 Å². The zero-order valence-corrected chi connectivity index (χ0v) is 17.6. The zero-order chi connectivity index (χ0) is 19.9. The molecule has 28 heavy (non-hydrogen) atoms. The minimum Gasteiger partial charge on any atom is -0.232 e. The number of halogens is 1. The first kappa shape index (κ1) is 18.9. The van der Waals surface area contributed by atoms with Crippen molar-refractivity contribution in [1.29, 1.82) is 0 Å². The summed E-state index contributed by atoms with van der Waals surface area (Å²) in [5.74, 6) is 0. The molecule has 4 aromatic rings. The molecule has 0 fully saturated rings. The Kier molecular flexibility index (Phi) is 4.87. The van der Waals surface area contributed by atoms with Crippen LogP contribution in [0.5, 0.6) is 0 Å². The van der Waals surface area contributed by atoms with Crippen molar-refractivity contribution in [3.05, 3.63) is 76.6 Å². The first-order valence-corrected chi connectivity index (χ1v) is 11.7. The summed E-state index contributed by atoms with van der Waals surface area (Å²) in [5.41, 5.74) is 4.72. The van der Waals surface area contributed by atoms with Gasteiger partial charge in [-0.3, -0.25) is 0 Å². The molecule has 0 N–H and O–H groups in total. The van der Waals surface area contributed by atoms with Gasteiger partial charge in [0.2, 0.25) is 0 Å². The van der Waals surface area contributed by atoms with E-state index in [4.69, 9.17) is 16.7 Å². The number of aryl methyl sites for hydroxylation is 1. The van der Waals surface area contributed by atoms with Gasteiger partial charge in [-0.1, -0.05) is 23.7 Å². The Morgan fingerprint density at radius 1 is 1.00 bits per heavy atom. The molecular formula is C21H17ClN2O2S2. The first-order chi connectivity index (χ1) is 13.3. The summed E-state index contributed by atoms with van der Waals surface area (Å²) in [5, 5.41) is 7.53. The summed E-state index contributed by atoms with van der Waals surface area (Å²) in [6.07, 6.45) is 1.20. The van der Waals surface area contributed by atoms with Crippen molar-refractivity contribution in [2.24, 2.45) is 0 Å². The van der Waals surface area contributed by atoms with E-state index in [0.29, 0.717) is 5.02 Å². The summed E-state index contributed by atoms with van der Waals surface area (Å²) in [6.45, 7) is 2.07. The van der Waals surface area contributed by atoms with Crippen molar-refractivity contribution < 1.29 is 8.42 Å². The maximum atomic E-state index is 11.8. The van der Waals surface area contributed by atoms with Crippen molar-refractivity contribution >= 4 is 32.8 Å². The van der Waals surface area contributed by atoms with Crippen molar-refractivity contribution in [2.75, 3.05) is 6.26 Å². The number of aromatic nitrogens is 2. The topological polar surface area (TPSA) is 52.0 Å². The number of thiophene rings is 1. The van der Waals surface area contributed by atoms with E-state index in [-0.39, 0.29) is 4.90 Å². The molecule has 0 saturated heterocycles. The molecule has 7 heteroatoms. The minimum absolute atomic E-state index is 0.287. The molecule has 4 rings (SSSR count). The summed E-state index contributed by atoms with van der Waals surface area (Å²) in [6, 6.07) is 18.5. The third kappa shape index (κ3) is 3.63. The van der Waals surface area contributed by atoms with E-state index in [2.05, 4.69) is 18.4 Å². The van der Waals surface area contributed by atoms with Gasteiger partial charge >= 0.3 is 0 Å². The van der Waals surface area contributed by atoms with Crippen LogP contribution in [-0.2, 0) is 9.84 Å². The molecule has 0 aliphatic heterocycles. The fourth-order valence-electron chi connectivity index (χ4n) is 2.97. The second-order valence-electron chi connectivity index (χ2n) is 6.53. The van der Waals surface area contributed by atoms with Gasteiger partial charge in [0, 0.05) is 16.8 Å². The van der Waals surface area contributed by atoms with Gasteiger partial charge in [0.05, 0.1) is 26.8 Å². The van der Waals surface area contributed by atoms with Crippen LogP contribution >= 0.6 is 22.9 Å². The number of sulfone groups is 1. The van der Waals surface area contributed by atoms with Crippen LogP contribution in [0.1, 0.15) is 5.56 Å². The monoisotopic (exact) mass is 428 g/mol. The standard InChI is InChI=1S/C21H17ClN2O2S2/c1-14-11-12-27-21(14)20-13-19(15-3-5-16(22)6-4-15)23-24(20)17-7-9-18(10-8-17)28(2,25)26/h3-13H,1-2H3. The van der Waals surface area contributed by atoms with Crippen molar-refractivity contribution in [3.63, 3.8) is 0 Å². The average Bonchev–Trinajstić information content (AvgIpc) is 3.28. The van der Waals surface area contributed by atoms with Crippen LogP contribution in [0.2, 0.25) is 5.02 Å². The quantitative estimate of drug-likeness (QED) is 0.423. The Morgan fingerprint density at radius 3 is 2.25 bits per heavy atom. The van der Waals surface area contributed by atoms with Gasteiger partial charge in [-0.2, -0.15) is 5.10 Å². The number of hydrogen-bond donors (Lipinski definition) is 0. The lowest BCUT2D eigenvalue weighted by atomic mass is 10.1. The highest BCUT2D eigenvalue weighted by Crippen LogP contribution is 2.34. The molecule has 2 aromatic heterocycles. The first-order valence-electron chi connectivity index (χ1n) is 8.54. The highest BCUT2D eigenvalue weighted by atomic mass is 35.5. The van der Waals surface area contributed by atoms with Crippen LogP contribution in [0.15, 0.2) is 70.9 Å². The molecular weight excluding hydrogens is 412 g/mol. The van der Waals surface area contributed by atoms with Crippen LogP contribution in [0.3, 0.4) is 0 Å². The lowest BCUT2D eigenvalue weighted by molar-refractivity contribution is 0.602. The van der Waals surface area contributed by atoms with Crippen molar-refractivity contribution in [3.8, 4) is 27.5 Å². The van der Waals surface area contributed by atoms with E-state index in [1.807, 2.05) is 35.0 Å². The smallest absolute Gasteiger partial charge is 0.175 e. The molecule has 2 aromatic carbocycles. The van der Waals surface area contributed by atoms with Crippen molar-refractivity contribution in [1.82, 2.24) is 9.78 Å². The lowest BCUT2D eigenvalue weighted by Gasteiger charge is -2.08. The van der Waals surface area contributed by atoms with E-state index < -0.39 is 9.84 Å². The van der Waals surface area contributed by atoms with Gasteiger partial charge in [0.15, 0.2) is 9.84 Å². The molecule has 142 valence electrons. The highest BCUT2D eigenvalue weighted by molar-refractivity contribution is 7.90. The van der Waals surface area contributed by atoms with E-state index in [9.17, 15) is 8.42 Å². The molecule has 0 unspecified atom stereocenters. The molecule has 0 aliphatic carbocycles. The van der Waals surface area contributed by atoms with Gasteiger partial charge in [-0.05, 0) is 66.4 Å². The molecule has 0 amide bonds. The molecule has 0 bridgehead atoms. The normalized spacial score (nSPS) is 11.7. The Morgan fingerprint density at radius 2 is 1.68 bits per heavy atom. The number of benzene rings is 2. The van der Waals surface area contributed by atoms with Crippen LogP contribution in [0.25, 0.3) is 27.5 Å². The van der Waals surface area contributed by atoms with Crippen LogP contribution in [0, 0.1) is 6.92 Å². The summed E-state index contributed by atoms with van der Waals surface area (Å²) in [4.78, 5) is 1.41. The Labute approximate surface area is 173 Å². The number of rotatable bonds is 4. The second kappa shape index (κ2) is 7.20. The number of hydrogen-bond acceptors (Lipinski definition) is 4. The lowest BCUT2D eigenvalue weighted by Crippen LogP contribution is -2.01. The molecule has 0 radical (unpaired) electrons. The van der Waals surface area contributed by atoms with E-state index in [1.54, 1.807) is 35.6 Å². The maximum absolute atomic E-state index is 11.8. The zero-order valence-electron chi connectivity index (χ0n) is 15.3. The Balaban J connectivity index is 1.87. The molecule has 2 heterocycles. The van der Waals surface area contributed by atoms with E-state index >= 15 is 0 Å². The third-order valence-corrected chi connectivity index (χ3v) is 6.87. The summed E-state index contributed by atoms with van der Waals surface area (Å²) < 4.78 is 25.4. The predicted octanol–water partition coefficient (Wildman–Crippen LogP) is 5.63. The third-order valence-electron chi connectivity index (χ3n) is 4.45. The molecule has 0 atom stereocenters. The van der Waals surface area contributed by atoms with Crippen LogP contribution in [0.4, 0.5) is 0 Å². The number of nitrogens with zero attached hydrogens (tertiary/aromatic N) is 2. The van der Waals surface area contributed by atoms with Gasteiger partial charge in [0.25, 0.3) is 0 Å². The predicted molar refractivity (Wildman–Crippen MR) is 115 cm³/mol. The summed E-state index contributed by atoms with van der Waals surface area (Å²) in [7, 11) is -3.24. The largest absolute Gasteiger partial charge is 0.232 e. The molecule has 0 spiro atoms. The van der Waals surface area contributed by atoms with Crippen LogP contribution < -0.4 is 0 Å². The van der Waals surface area contributed by atoms with Gasteiger partial charge in [-0.15, -0.1) is 11.3 Å². The van der Waals surface area contributed by atoms with E-state index in [1.165, 1.54) is 11.8 Å². The SMILES string of the molecule is Cc1ccsc1-c1cc(-c2ccc(Cl)cc2)nn1-c1ccc(S(C)(=O)=O)cc1. The average molecular weight is 429 g/mol. The Bertz CT molecular complexity index is 1240. The highest BCUT2D eigenvalue weighted by Gasteiger charge is 2.16. The van der Waals surface area contributed by atoms with Gasteiger partial charge in [-0.25, -0.2) is 13.1 Å². The fourth-order valence-corrected chi connectivity index (χ4v) is 4.66. The van der Waals surface area contributed by atoms with Gasteiger partial charge in [0.1, 0.15) is 0 Å². The summed E-state index contributed by atoms with van der Waals surface area (Å²) >= 11 is 7.66. The second-order valence-corrected chi connectivity index (χ2v) is 9.90.